The molecule has 0 bridgehead atoms. The van der Waals surface area contributed by atoms with Crippen LogP contribution in [0.15, 0.2) is 35.1 Å². The van der Waals surface area contributed by atoms with Gasteiger partial charge in [-0.25, -0.2) is 9.78 Å². The zero-order valence-corrected chi connectivity index (χ0v) is 18.9. The van der Waals surface area contributed by atoms with E-state index in [1.807, 2.05) is 41.3 Å². The molecule has 2 aromatic heterocycles. The Bertz CT molecular complexity index is 1590. The molecule has 1 saturated carbocycles. The normalized spacial score (nSPS) is 13.3. The molecule has 2 heterocycles. The highest BCUT2D eigenvalue weighted by atomic mass is 16.4. The maximum atomic E-state index is 13.6. The third-order valence-corrected chi connectivity index (χ3v) is 6.56. The lowest BCUT2D eigenvalue weighted by atomic mass is 9.95. The molecule has 0 saturated heterocycles. The van der Waals surface area contributed by atoms with Crippen LogP contribution in [0.1, 0.15) is 35.8 Å². The molecule has 0 atom stereocenters. The fourth-order valence-electron chi connectivity index (χ4n) is 4.74. The number of nitriles is 1. The lowest BCUT2D eigenvalue weighted by Crippen LogP contribution is -2.24. The molecule has 0 unspecified atom stereocenters. The van der Waals surface area contributed by atoms with Crippen LogP contribution in [0.4, 0.5) is 10.5 Å². The highest BCUT2D eigenvalue weighted by molar-refractivity contribution is 6.05. The van der Waals surface area contributed by atoms with Crippen LogP contribution in [0, 0.1) is 18.3 Å². The van der Waals surface area contributed by atoms with Gasteiger partial charge in [0.25, 0.3) is 5.56 Å². The van der Waals surface area contributed by atoms with Crippen molar-refractivity contribution in [1.82, 2.24) is 19.4 Å². The standard InChI is InChI=1S/C25H24N6O3/c1-13-17(14-3-8-19(27)15(11-14)12-26)6-7-18-22(13)31(16-4-5-16)24(32)21-23(18)30(2)20(29-21)9-10-28-25(33)34/h3,6-8,11,16,28H,4-5,9-10,27H2,1-2H3,(H,33,34). The molecular weight excluding hydrogens is 432 g/mol. The minimum atomic E-state index is -1.09. The van der Waals surface area contributed by atoms with Crippen LogP contribution in [-0.2, 0) is 13.5 Å². The Balaban J connectivity index is 1.77. The predicted octanol–water partition coefficient (Wildman–Crippen LogP) is 3.46. The first-order valence-electron chi connectivity index (χ1n) is 11.1. The van der Waals surface area contributed by atoms with E-state index < -0.39 is 6.09 Å². The van der Waals surface area contributed by atoms with Crippen molar-refractivity contribution in [3.05, 3.63) is 57.6 Å². The van der Waals surface area contributed by atoms with E-state index >= 15 is 0 Å². The smallest absolute Gasteiger partial charge is 0.404 e. The third kappa shape index (κ3) is 3.35. The van der Waals surface area contributed by atoms with E-state index in [-0.39, 0.29) is 18.1 Å². The molecule has 172 valence electrons. The quantitative estimate of drug-likeness (QED) is 0.393. The molecule has 2 aromatic carbocycles. The molecule has 4 aromatic rings. The SMILES string of the molecule is Cc1c(-c2ccc(N)c(C#N)c2)ccc2c3c(nc(CCNC(=O)O)n3C)c(=O)n(C3CC3)c12. The number of hydrogen-bond acceptors (Lipinski definition) is 5. The Morgan fingerprint density at radius 2 is 2.06 bits per heavy atom. The van der Waals surface area contributed by atoms with Gasteiger partial charge < -0.3 is 25.3 Å². The van der Waals surface area contributed by atoms with Crippen molar-refractivity contribution in [1.29, 1.82) is 5.26 Å². The molecule has 4 N–H and O–H groups in total. The maximum Gasteiger partial charge on any atom is 0.404 e. The van der Waals surface area contributed by atoms with Crippen LogP contribution in [0.5, 0.6) is 0 Å². The number of hydrogen-bond donors (Lipinski definition) is 3. The largest absolute Gasteiger partial charge is 0.465 e. The summed E-state index contributed by atoms with van der Waals surface area (Å²) in [5, 5.41) is 21.6. The number of nitrogens with one attached hydrogen (secondary N) is 1. The molecule has 0 radical (unpaired) electrons. The first-order valence-corrected chi connectivity index (χ1v) is 11.1. The summed E-state index contributed by atoms with van der Waals surface area (Å²) >= 11 is 0. The molecule has 5 rings (SSSR count). The molecule has 9 nitrogen and oxygen atoms in total. The summed E-state index contributed by atoms with van der Waals surface area (Å²) < 4.78 is 3.75. The van der Waals surface area contributed by atoms with Gasteiger partial charge in [-0.3, -0.25) is 4.79 Å². The van der Waals surface area contributed by atoms with Gasteiger partial charge in [0.15, 0.2) is 5.52 Å². The van der Waals surface area contributed by atoms with Gasteiger partial charge in [-0.1, -0.05) is 18.2 Å². The highest BCUT2D eigenvalue weighted by Crippen LogP contribution is 2.40. The second-order valence-corrected chi connectivity index (χ2v) is 8.72. The van der Waals surface area contributed by atoms with Crippen molar-refractivity contribution in [2.75, 3.05) is 12.3 Å². The molecular formula is C25H24N6O3. The Labute approximate surface area is 195 Å². The Morgan fingerprint density at radius 3 is 2.74 bits per heavy atom. The van der Waals surface area contributed by atoms with Gasteiger partial charge in [-0.05, 0) is 48.6 Å². The van der Waals surface area contributed by atoms with E-state index in [4.69, 9.17) is 10.8 Å². The van der Waals surface area contributed by atoms with Gasteiger partial charge in [-0.15, -0.1) is 0 Å². The average molecular weight is 457 g/mol. The zero-order chi connectivity index (χ0) is 24.1. The fraction of sp³-hybridized carbons (Fsp3) is 0.280. The first kappa shape index (κ1) is 21.5. The van der Waals surface area contributed by atoms with E-state index in [0.717, 1.165) is 46.0 Å². The molecule has 1 aliphatic carbocycles. The van der Waals surface area contributed by atoms with Crippen molar-refractivity contribution in [2.45, 2.75) is 32.2 Å². The number of aromatic nitrogens is 3. The van der Waals surface area contributed by atoms with Crippen LogP contribution in [0.25, 0.3) is 33.1 Å². The number of nitrogen functional groups attached to an aromatic ring is 1. The van der Waals surface area contributed by atoms with Gasteiger partial charge in [-0.2, -0.15) is 5.26 Å². The first-order chi connectivity index (χ1) is 16.3. The third-order valence-electron chi connectivity index (χ3n) is 6.56. The van der Waals surface area contributed by atoms with Gasteiger partial charge in [0, 0.05) is 37.1 Å². The molecule has 1 amide bonds. The van der Waals surface area contributed by atoms with Crippen molar-refractivity contribution >= 4 is 33.7 Å². The number of fused-ring (bicyclic) bond motifs is 3. The molecule has 0 spiro atoms. The van der Waals surface area contributed by atoms with E-state index in [2.05, 4.69) is 16.4 Å². The number of pyridine rings is 1. The minimum absolute atomic E-state index is 0.131. The highest BCUT2D eigenvalue weighted by Gasteiger charge is 2.30. The van der Waals surface area contributed by atoms with E-state index in [1.165, 1.54) is 0 Å². The molecule has 1 aliphatic rings. The fourth-order valence-corrected chi connectivity index (χ4v) is 4.74. The molecule has 0 aliphatic heterocycles. The molecule has 9 heteroatoms. The summed E-state index contributed by atoms with van der Waals surface area (Å²) in [5.41, 5.74) is 11.4. The summed E-state index contributed by atoms with van der Waals surface area (Å²) in [4.78, 5) is 29.1. The second-order valence-electron chi connectivity index (χ2n) is 8.72. The lowest BCUT2D eigenvalue weighted by molar-refractivity contribution is 0.194. The van der Waals surface area contributed by atoms with Crippen molar-refractivity contribution in [2.24, 2.45) is 7.05 Å². The Morgan fingerprint density at radius 1 is 1.29 bits per heavy atom. The number of carbonyl (C=O) groups is 1. The van der Waals surface area contributed by atoms with Gasteiger partial charge in [0.1, 0.15) is 11.9 Å². The van der Waals surface area contributed by atoms with Crippen LogP contribution < -0.4 is 16.6 Å². The number of amides is 1. The summed E-state index contributed by atoms with van der Waals surface area (Å²) in [6, 6.07) is 11.7. The summed E-state index contributed by atoms with van der Waals surface area (Å²) in [6.07, 6.45) is 1.16. The average Bonchev–Trinajstić information content (AvgIpc) is 3.59. The lowest BCUT2D eigenvalue weighted by Gasteiger charge is -2.17. The number of nitrogens with zero attached hydrogens (tertiary/aromatic N) is 4. The van der Waals surface area contributed by atoms with Crippen LogP contribution >= 0.6 is 0 Å². The zero-order valence-electron chi connectivity index (χ0n) is 18.9. The number of rotatable bonds is 5. The van der Waals surface area contributed by atoms with Gasteiger partial charge in [0.05, 0.1) is 16.6 Å². The van der Waals surface area contributed by atoms with Crippen LogP contribution in [0.3, 0.4) is 0 Å². The van der Waals surface area contributed by atoms with Gasteiger partial charge in [0.2, 0.25) is 0 Å². The Kier molecular flexibility index (Phi) is 5.01. The summed E-state index contributed by atoms with van der Waals surface area (Å²) in [5.74, 6) is 0.648. The minimum Gasteiger partial charge on any atom is -0.465 e. The number of benzene rings is 2. The number of nitrogens with two attached hydrogens (primary N) is 1. The monoisotopic (exact) mass is 456 g/mol. The second kappa shape index (κ2) is 7.92. The predicted molar refractivity (Wildman–Crippen MR) is 130 cm³/mol. The Hall–Kier alpha value is -4.32. The maximum absolute atomic E-state index is 13.6. The summed E-state index contributed by atoms with van der Waals surface area (Å²) in [7, 11) is 1.86. The van der Waals surface area contributed by atoms with Crippen LogP contribution in [0.2, 0.25) is 0 Å². The molecule has 1 fully saturated rings. The number of imidazole rings is 1. The van der Waals surface area contributed by atoms with E-state index in [9.17, 15) is 14.9 Å². The van der Waals surface area contributed by atoms with E-state index in [0.29, 0.717) is 29.0 Å². The number of carboxylic acid groups (broad SMARTS) is 1. The molecule has 34 heavy (non-hydrogen) atoms. The van der Waals surface area contributed by atoms with Crippen molar-refractivity contribution < 1.29 is 9.90 Å². The number of anilines is 1. The van der Waals surface area contributed by atoms with E-state index in [1.54, 1.807) is 12.1 Å². The van der Waals surface area contributed by atoms with Crippen molar-refractivity contribution in [3.63, 3.8) is 0 Å². The van der Waals surface area contributed by atoms with Gasteiger partial charge >= 0.3 is 6.09 Å². The number of aryl methyl sites for hydroxylation is 2. The summed E-state index contributed by atoms with van der Waals surface area (Å²) in [6.45, 7) is 2.21. The van der Waals surface area contributed by atoms with Crippen molar-refractivity contribution in [3.8, 4) is 17.2 Å². The van der Waals surface area contributed by atoms with Crippen LogP contribution in [-0.4, -0.2) is 31.9 Å². The topological polar surface area (TPSA) is 139 Å².